The van der Waals surface area contributed by atoms with Crippen molar-refractivity contribution >= 4 is 17.0 Å². The largest absolute Gasteiger partial charge is 0.378 e. The minimum atomic E-state index is 0.358. The number of rotatable bonds is 3. The summed E-state index contributed by atoms with van der Waals surface area (Å²) in [4.78, 5) is 2.80. The van der Waals surface area contributed by atoms with E-state index in [1.807, 2.05) is 11.3 Å². The first-order valence-corrected chi connectivity index (χ1v) is 7.19. The molecule has 1 N–H and O–H groups in total. The van der Waals surface area contributed by atoms with E-state index in [4.69, 9.17) is 0 Å². The highest BCUT2D eigenvalue weighted by Gasteiger charge is 2.11. The Hall–Kier alpha value is -1.28. The highest BCUT2D eigenvalue weighted by molar-refractivity contribution is 7.12. The summed E-state index contributed by atoms with van der Waals surface area (Å²) in [6.45, 7) is 10.9. The standard InChI is InChI=1S/C16H21NS/c1-10-6-7-16(11(2)8-10)17-13(4)15-9-12(3)18-14(15)5/h6-9,13,17H,1-5H3. The normalized spacial score (nSPS) is 12.5. The first-order valence-electron chi connectivity index (χ1n) is 6.38. The van der Waals surface area contributed by atoms with Crippen LogP contribution in [0, 0.1) is 27.7 Å². The summed E-state index contributed by atoms with van der Waals surface area (Å²) in [6, 6.07) is 9.21. The van der Waals surface area contributed by atoms with Gasteiger partial charge in [0.05, 0.1) is 0 Å². The predicted molar refractivity (Wildman–Crippen MR) is 81.7 cm³/mol. The third-order valence-corrected chi connectivity index (χ3v) is 4.28. The molecule has 0 radical (unpaired) electrons. The number of hydrogen-bond acceptors (Lipinski definition) is 2. The zero-order valence-electron chi connectivity index (χ0n) is 11.8. The summed E-state index contributed by atoms with van der Waals surface area (Å²) in [6.07, 6.45) is 0. The van der Waals surface area contributed by atoms with Gasteiger partial charge in [-0.3, -0.25) is 0 Å². The fraction of sp³-hybridized carbons (Fsp3) is 0.375. The van der Waals surface area contributed by atoms with E-state index in [9.17, 15) is 0 Å². The van der Waals surface area contributed by atoms with Crippen LogP contribution in [0.3, 0.4) is 0 Å². The van der Waals surface area contributed by atoms with Gasteiger partial charge in [-0.05, 0) is 57.9 Å². The quantitative estimate of drug-likeness (QED) is 0.803. The highest BCUT2D eigenvalue weighted by atomic mass is 32.1. The Morgan fingerprint density at radius 1 is 1.06 bits per heavy atom. The van der Waals surface area contributed by atoms with E-state index < -0.39 is 0 Å². The Bertz CT molecular complexity index is 554. The van der Waals surface area contributed by atoms with E-state index in [1.54, 1.807) is 0 Å². The van der Waals surface area contributed by atoms with E-state index in [1.165, 1.54) is 32.1 Å². The fourth-order valence-corrected chi connectivity index (χ4v) is 3.39. The van der Waals surface area contributed by atoms with E-state index in [0.29, 0.717) is 6.04 Å². The molecule has 0 aliphatic rings. The van der Waals surface area contributed by atoms with Crippen LogP contribution < -0.4 is 5.32 Å². The summed E-state index contributed by atoms with van der Waals surface area (Å²) in [5.41, 5.74) is 5.27. The molecular formula is C16H21NS. The number of hydrogen-bond donors (Lipinski definition) is 1. The zero-order valence-corrected chi connectivity index (χ0v) is 12.6. The lowest BCUT2D eigenvalue weighted by molar-refractivity contribution is 0.879. The van der Waals surface area contributed by atoms with Gasteiger partial charge in [0.2, 0.25) is 0 Å². The molecule has 2 aromatic rings. The maximum atomic E-state index is 3.61. The molecule has 96 valence electrons. The molecule has 0 bridgehead atoms. The Morgan fingerprint density at radius 3 is 2.33 bits per heavy atom. The van der Waals surface area contributed by atoms with Crippen molar-refractivity contribution in [3.05, 3.63) is 50.7 Å². The Balaban J connectivity index is 2.21. The van der Waals surface area contributed by atoms with Crippen molar-refractivity contribution in [1.29, 1.82) is 0 Å². The van der Waals surface area contributed by atoms with Crippen molar-refractivity contribution in [2.24, 2.45) is 0 Å². The average molecular weight is 259 g/mol. The second-order valence-electron chi connectivity index (χ2n) is 5.05. The van der Waals surface area contributed by atoms with E-state index in [-0.39, 0.29) is 0 Å². The molecule has 0 aliphatic carbocycles. The van der Waals surface area contributed by atoms with Gasteiger partial charge in [0.25, 0.3) is 0 Å². The molecule has 1 aromatic heterocycles. The molecule has 0 saturated heterocycles. The molecule has 2 heteroatoms. The van der Waals surface area contributed by atoms with Crippen LogP contribution >= 0.6 is 11.3 Å². The Labute approximate surface area is 114 Å². The minimum Gasteiger partial charge on any atom is -0.378 e. The average Bonchev–Trinajstić information content (AvgIpc) is 2.62. The number of aryl methyl sites for hydroxylation is 4. The number of thiophene rings is 1. The first kappa shape index (κ1) is 13.2. The van der Waals surface area contributed by atoms with Crippen LogP contribution in [-0.2, 0) is 0 Å². The maximum Gasteiger partial charge on any atom is 0.0496 e. The fourth-order valence-electron chi connectivity index (χ4n) is 2.37. The van der Waals surface area contributed by atoms with Gasteiger partial charge in [0, 0.05) is 21.5 Å². The van der Waals surface area contributed by atoms with Crippen LogP contribution in [0.25, 0.3) is 0 Å². The molecular weight excluding hydrogens is 238 g/mol. The van der Waals surface area contributed by atoms with Gasteiger partial charge in [-0.2, -0.15) is 0 Å². The lowest BCUT2D eigenvalue weighted by Gasteiger charge is -2.17. The first-order chi connectivity index (χ1) is 8.47. The van der Waals surface area contributed by atoms with Crippen LogP contribution in [0.2, 0.25) is 0 Å². The van der Waals surface area contributed by atoms with Gasteiger partial charge in [-0.25, -0.2) is 0 Å². The van der Waals surface area contributed by atoms with E-state index in [2.05, 4.69) is 64.2 Å². The van der Waals surface area contributed by atoms with E-state index in [0.717, 1.165) is 0 Å². The van der Waals surface area contributed by atoms with Crippen molar-refractivity contribution in [1.82, 2.24) is 0 Å². The smallest absolute Gasteiger partial charge is 0.0496 e. The third-order valence-electron chi connectivity index (χ3n) is 3.30. The predicted octanol–water partition coefficient (Wildman–Crippen LogP) is 5.15. The van der Waals surface area contributed by atoms with Gasteiger partial charge in [-0.15, -0.1) is 11.3 Å². The van der Waals surface area contributed by atoms with Crippen molar-refractivity contribution < 1.29 is 0 Å². The second kappa shape index (κ2) is 5.15. The molecule has 0 saturated carbocycles. The molecule has 0 fully saturated rings. The van der Waals surface area contributed by atoms with E-state index >= 15 is 0 Å². The summed E-state index contributed by atoms with van der Waals surface area (Å²) in [7, 11) is 0. The summed E-state index contributed by atoms with van der Waals surface area (Å²) in [5.74, 6) is 0. The van der Waals surface area contributed by atoms with Gasteiger partial charge < -0.3 is 5.32 Å². The molecule has 0 amide bonds. The molecule has 1 atom stereocenters. The van der Waals surface area contributed by atoms with Crippen LogP contribution in [0.4, 0.5) is 5.69 Å². The van der Waals surface area contributed by atoms with Crippen molar-refractivity contribution in [2.75, 3.05) is 5.32 Å². The topological polar surface area (TPSA) is 12.0 Å². The molecule has 1 aromatic carbocycles. The van der Waals surface area contributed by atoms with Crippen molar-refractivity contribution in [3.63, 3.8) is 0 Å². The SMILES string of the molecule is Cc1ccc(NC(C)c2cc(C)sc2C)c(C)c1. The molecule has 1 heterocycles. The maximum absolute atomic E-state index is 3.61. The zero-order chi connectivity index (χ0) is 13.3. The van der Waals surface area contributed by atoms with Crippen LogP contribution in [-0.4, -0.2) is 0 Å². The Morgan fingerprint density at radius 2 is 1.78 bits per heavy atom. The lowest BCUT2D eigenvalue weighted by atomic mass is 10.1. The monoisotopic (exact) mass is 259 g/mol. The molecule has 2 rings (SSSR count). The second-order valence-corrected chi connectivity index (χ2v) is 6.51. The molecule has 1 nitrogen and oxygen atoms in total. The lowest BCUT2D eigenvalue weighted by Crippen LogP contribution is -2.07. The van der Waals surface area contributed by atoms with Crippen LogP contribution in [0.1, 0.15) is 39.4 Å². The summed E-state index contributed by atoms with van der Waals surface area (Å²) in [5, 5.41) is 3.61. The highest BCUT2D eigenvalue weighted by Crippen LogP contribution is 2.29. The van der Waals surface area contributed by atoms with Gasteiger partial charge in [0.1, 0.15) is 0 Å². The van der Waals surface area contributed by atoms with Gasteiger partial charge in [0.15, 0.2) is 0 Å². The van der Waals surface area contributed by atoms with Gasteiger partial charge in [-0.1, -0.05) is 17.7 Å². The molecule has 1 unspecified atom stereocenters. The van der Waals surface area contributed by atoms with Crippen LogP contribution in [0.15, 0.2) is 24.3 Å². The number of anilines is 1. The summed E-state index contributed by atoms with van der Waals surface area (Å²) < 4.78 is 0. The molecule has 0 aliphatic heterocycles. The van der Waals surface area contributed by atoms with Crippen molar-refractivity contribution in [2.45, 2.75) is 40.7 Å². The third kappa shape index (κ3) is 2.75. The molecule has 0 spiro atoms. The summed E-state index contributed by atoms with van der Waals surface area (Å²) >= 11 is 1.87. The number of nitrogens with one attached hydrogen (secondary N) is 1. The van der Waals surface area contributed by atoms with Crippen LogP contribution in [0.5, 0.6) is 0 Å². The molecule has 18 heavy (non-hydrogen) atoms. The minimum absolute atomic E-state index is 0.358. The number of benzene rings is 1. The van der Waals surface area contributed by atoms with Gasteiger partial charge >= 0.3 is 0 Å². The Kier molecular flexibility index (Phi) is 3.76. The van der Waals surface area contributed by atoms with Crippen molar-refractivity contribution in [3.8, 4) is 0 Å².